The lowest BCUT2D eigenvalue weighted by molar-refractivity contribution is -0.133. The summed E-state index contributed by atoms with van der Waals surface area (Å²) in [4.78, 5) is 20.6. The van der Waals surface area contributed by atoms with Gasteiger partial charge in [-0.3, -0.25) is 14.7 Å². The number of hydrogen-bond acceptors (Lipinski definition) is 6. The molecule has 1 aromatic carbocycles. The molecule has 8 heteroatoms. The van der Waals surface area contributed by atoms with Crippen LogP contribution in [-0.4, -0.2) is 72.3 Å². The van der Waals surface area contributed by atoms with Gasteiger partial charge in [0, 0.05) is 36.7 Å². The van der Waals surface area contributed by atoms with E-state index >= 15 is 0 Å². The van der Waals surface area contributed by atoms with E-state index in [4.69, 9.17) is 14.7 Å². The average Bonchev–Trinajstić information content (AvgIpc) is 3.15. The number of amides is 1. The Morgan fingerprint density at radius 2 is 2.10 bits per heavy atom. The molecule has 1 unspecified atom stereocenters. The highest BCUT2D eigenvalue weighted by Crippen LogP contribution is 2.31. The summed E-state index contributed by atoms with van der Waals surface area (Å²) in [6.07, 6.45) is 0.616. The number of ether oxygens (including phenoxy) is 2. The minimum atomic E-state index is -1.11. The lowest BCUT2D eigenvalue weighted by Gasteiger charge is -2.33. The zero-order chi connectivity index (χ0) is 22.0. The van der Waals surface area contributed by atoms with E-state index in [1.807, 2.05) is 37.3 Å². The van der Waals surface area contributed by atoms with Crippen molar-refractivity contribution < 1.29 is 18.7 Å². The molecule has 31 heavy (non-hydrogen) atoms. The van der Waals surface area contributed by atoms with E-state index in [9.17, 15) is 9.18 Å². The van der Waals surface area contributed by atoms with E-state index in [1.54, 1.807) is 7.11 Å². The number of fused-ring (bicyclic) bond motifs is 1. The van der Waals surface area contributed by atoms with Crippen LogP contribution in [0.15, 0.2) is 24.3 Å². The first-order chi connectivity index (χ1) is 15.0. The summed E-state index contributed by atoms with van der Waals surface area (Å²) >= 11 is 0. The number of nitrogens with zero attached hydrogens (tertiary/aromatic N) is 4. The van der Waals surface area contributed by atoms with Crippen LogP contribution in [0.1, 0.15) is 25.0 Å². The second-order valence-corrected chi connectivity index (χ2v) is 8.26. The molecule has 0 aliphatic carbocycles. The molecule has 0 radical (unpaired) electrons. The van der Waals surface area contributed by atoms with Gasteiger partial charge in [-0.2, -0.15) is 5.26 Å². The number of carbonyl (C=O) groups is 1. The normalized spacial score (nSPS) is 22.5. The largest absolute Gasteiger partial charge is 0.497 e. The van der Waals surface area contributed by atoms with Crippen molar-refractivity contribution in [1.29, 1.82) is 5.26 Å². The Balaban J connectivity index is 1.37. The smallest absolute Gasteiger partial charge is 0.237 e. The SMILES string of the molecule is COc1ccc2nc(C)cc(OC3CCN(CC(=O)N4C[C@@H](F)CC4C#N)CC3)c2c1. The van der Waals surface area contributed by atoms with Gasteiger partial charge in [0.1, 0.15) is 29.8 Å². The van der Waals surface area contributed by atoms with Crippen molar-refractivity contribution in [3.8, 4) is 17.6 Å². The van der Waals surface area contributed by atoms with Crippen LogP contribution in [0.3, 0.4) is 0 Å². The molecular weight excluding hydrogens is 399 g/mol. The quantitative estimate of drug-likeness (QED) is 0.732. The minimum absolute atomic E-state index is 0.0224. The molecular formula is C23H27FN4O3. The van der Waals surface area contributed by atoms with Crippen molar-refractivity contribution in [3.05, 3.63) is 30.0 Å². The first-order valence-corrected chi connectivity index (χ1v) is 10.6. The van der Waals surface area contributed by atoms with Gasteiger partial charge in [0.2, 0.25) is 5.91 Å². The third kappa shape index (κ3) is 4.72. The van der Waals surface area contributed by atoms with Crippen LogP contribution in [0.5, 0.6) is 11.5 Å². The van der Waals surface area contributed by atoms with Gasteiger partial charge in [0.25, 0.3) is 0 Å². The van der Waals surface area contributed by atoms with Crippen molar-refractivity contribution in [2.45, 2.75) is 44.5 Å². The molecule has 0 N–H and O–H groups in total. The highest BCUT2D eigenvalue weighted by Gasteiger charge is 2.36. The number of piperidine rings is 1. The number of aromatic nitrogens is 1. The van der Waals surface area contributed by atoms with E-state index in [0.29, 0.717) is 13.1 Å². The third-order valence-corrected chi connectivity index (χ3v) is 6.01. The number of benzene rings is 1. The number of methoxy groups -OCH3 is 1. The molecule has 2 aliphatic heterocycles. The van der Waals surface area contributed by atoms with Crippen LogP contribution >= 0.6 is 0 Å². The molecule has 1 aromatic heterocycles. The van der Waals surface area contributed by atoms with Crippen LogP contribution in [-0.2, 0) is 4.79 Å². The van der Waals surface area contributed by atoms with Crippen molar-refractivity contribution in [2.24, 2.45) is 0 Å². The Bertz CT molecular complexity index is 1000. The molecule has 0 bridgehead atoms. The summed E-state index contributed by atoms with van der Waals surface area (Å²) in [6, 6.07) is 9.08. The number of pyridine rings is 1. The van der Waals surface area contributed by atoms with E-state index in [2.05, 4.69) is 9.88 Å². The van der Waals surface area contributed by atoms with Gasteiger partial charge in [-0.15, -0.1) is 0 Å². The van der Waals surface area contributed by atoms with E-state index in [0.717, 1.165) is 40.9 Å². The second kappa shape index (κ2) is 9.06. The van der Waals surface area contributed by atoms with E-state index in [-0.39, 0.29) is 31.5 Å². The molecule has 1 amide bonds. The summed E-state index contributed by atoms with van der Waals surface area (Å²) in [5.74, 6) is 1.37. The molecule has 164 valence electrons. The maximum Gasteiger partial charge on any atom is 0.237 e. The summed E-state index contributed by atoms with van der Waals surface area (Å²) in [6.45, 7) is 3.61. The van der Waals surface area contributed by atoms with Gasteiger partial charge in [-0.25, -0.2) is 4.39 Å². The highest BCUT2D eigenvalue weighted by atomic mass is 19.1. The molecule has 0 saturated carbocycles. The van der Waals surface area contributed by atoms with Crippen LogP contribution in [0, 0.1) is 18.3 Å². The van der Waals surface area contributed by atoms with Crippen molar-refractivity contribution in [1.82, 2.24) is 14.8 Å². The molecule has 7 nitrogen and oxygen atoms in total. The lowest BCUT2D eigenvalue weighted by atomic mass is 10.1. The number of likely N-dealkylation sites (tertiary alicyclic amines) is 2. The third-order valence-electron chi connectivity index (χ3n) is 6.01. The van der Waals surface area contributed by atoms with Crippen LogP contribution in [0.25, 0.3) is 10.9 Å². The fourth-order valence-corrected chi connectivity index (χ4v) is 4.35. The first-order valence-electron chi connectivity index (χ1n) is 10.6. The molecule has 2 aliphatic rings. The van der Waals surface area contributed by atoms with Crippen molar-refractivity contribution in [2.75, 3.05) is 33.3 Å². The fourth-order valence-electron chi connectivity index (χ4n) is 4.35. The van der Waals surface area contributed by atoms with Crippen molar-refractivity contribution in [3.63, 3.8) is 0 Å². The number of halogens is 1. The Labute approximate surface area is 181 Å². The van der Waals surface area contributed by atoms with Crippen LogP contribution in [0.2, 0.25) is 0 Å². The number of aryl methyl sites for hydroxylation is 1. The maximum absolute atomic E-state index is 13.6. The lowest BCUT2D eigenvalue weighted by Crippen LogP contribution is -2.46. The number of rotatable bonds is 5. The number of hydrogen-bond donors (Lipinski definition) is 0. The fraction of sp³-hybridized carbons (Fsp3) is 0.522. The Morgan fingerprint density at radius 3 is 2.81 bits per heavy atom. The zero-order valence-electron chi connectivity index (χ0n) is 17.9. The summed E-state index contributed by atoms with van der Waals surface area (Å²) in [5, 5.41) is 10.1. The van der Waals surface area contributed by atoms with Gasteiger partial charge in [-0.05, 0) is 38.0 Å². The molecule has 2 atom stereocenters. The average molecular weight is 426 g/mol. The molecule has 2 saturated heterocycles. The molecule has 0 spiro atoms. The summed E-state index contributed by atoms with van der Waals surface area (Å²) in [7, 11) is 1.63. The standard InChI is InChI=1S/C23H27FN4O3/c1-15-9-22(20-11-19(30-2)3-4-21(20)26-15)31-18-5-7-27(8-6-18)14-23(29)28-13-16(24)10-17(28)12-25/h3-4,9,11,16-18H,5-8,10,13-14H2,1-2H3/t16-,17?/m0/s1. The number of carbonyl (C=O) groups excluding carboxylic acids is 1. The Kier molecular flexibility index (Phi) is 6.23. The predicted molar refractivity (Wildman–Crippen MR) is 114 cm³/mol. The van der Waals surface area contributed by atoms with E-state index in [1.165, 1.54) is 4.90 Å². The maximum atomic E-state index is 13.6. The molecule has 3 heterocycles. The highest BCUT2D eigenvalue weighted by molar-refractivity contribution is 5.86. The van der Waals surface area contributed by atoms with Gasteiger partial charge in [-0.1, -0.05) is 0 Å². The van der Waals surface area contributed by atoms with Crippen molar-refractivity contribution >= 4 is 16.8 Å². The first kappa shape index (κ1) is 21.3. The molecule has 4 rings (SSSR count). The van der Waals surface area contributed by atoms with E-state index < -0.39 is 12.2 Å². The van der Waals surface area contributed by atoms with Crippen LogP contribution in [0.4, 0.5) is 4.39 Å². The zero-order valence-corrected chi connectivity index (χ0v) is 17.9. The van der Waals surface area contributed by atoms with Gasteiger partial charge in [0.15, 0.2) is 0 Å². The van der Waals surface area contributed by atoms with Crippen LogP contribution < -0.4 is 9.47 Å². The topological polar surface area (TPSA) is 78.7 Å². The van der Waals surface area contributed by atoms with Gasteiger partial charge < -0.3 is 14.4 Å². The Hall–Kier alpha value is -2.92. The molecule has 2 fully saturated rings. The minimum Gasteiger partial charge on any atom is -0.497 e. The van der Waals surface area contributed by atoms with Gasteiger partial charge >= 0.3 is 0 Å². The molecule has 2 aromatic rings. The predicted octanol–water partition coefficient (Wildman–Crippen LogP) is 2.86. The number of nitriles is 1. The second-order valence-electron chi connectivity index (χ2n) is 8.26. The summed E-state index contributed by atoms with van der Waals surface area (Å²) < 4.78 is 25.3. The number of alkyl halides is 1. The van der Waals surface area contributed by atoms with Gasteiger partial charge in [0.05, 0.1) is 31.8 Å². The summed E-state index contributed by atoms with van der Waals surface area (Å²) in [5.41, 5.74) is 1.75. The monoisotopic (exact) mass is 426 g/mol. The Morgan fingerprint density at radius 1 is 1.32 bits per heavy atom.